The summed E-state index contributed by atoms with van der Waals surface area (Å²) in [6, 6.07) is 7.88. The van der Waals surface area contributed by atoms with E-state index in [4.69, 9.17) is 4.42 Å². The van der Waals surface area contributed by atoms with Crippen LogP contribution in [0.15, 0.2) is 33.2 Å². The number of benzene rings is 1. The van der Waals surface area contributed by atoms with E-state index in [1.807, 2.05) is 38.1 Å². The first kappa shape index (κ1) is 12.1. The van der Waals surface area contributed by atoms with Gasteiger partial charge < -0.3 is 4.42 Å². The van der Waals surface area contributed by atoms with Crippen LogP contribution in [0, 0.1) is 13.8 Å². The summed E-state index contributed by atoms with van der Waals surface area (Å²) in [5, 5.41) is 0. The van der Waals surface area contributed by atoms with Gasteiger partial charge in [0.15, 0.2) is 5.78 Å². The molecule has 1 heterocycles. The van der Waals surface area contributed by atoms with E-state index < -0.39 is 0 Å². The van der Waals surface area contributed by atoms with Crippen molar-refractivity contribution < 1.29 is 9.21 Å². The maximum absolute atomic E-state index is 11.7. The fraction of sp³-hybridized carbons (Fsp3) is 0.214. The maximum atomic E-state index is 11.7. The third kappa shape index (κ3) is 2.20. The number of halogens is 1. The molecule has 0 fully saturated rings. The Labute approximate surface area is 109 Å². The smallest absolute Gasteiger partial charge is 0.163 e. The zero-order chi connectivity index (χ0) is 12.6. The quantitative estimate of drug-likeness (QED) is 0.761. The van der Waals surface area contributed by atoms with Gasteiger partial charge in [-0.2, -0.15) is 0 Å². The fourth-order valence-corrected chi connectivity index (χ4v) is 2.34. The number of ketones is 1. The number of Topliss-reactive ketones (excluding diaryl/α,β-unsaturated/α-hetero) is 1. The summed E-state index contributed by atoms with van der Waals surface area (Å²) < 4.78 is 6.58. The van der Waals surface area contributed by atoms with Crippen molar-refractivity contribution in [2.75, 3.05) is 0 Å². The zero-order valence-corrected chi connectivity index (χ0v) is 11.6. The lowest BCUT2D eigenvalue weighted by Crippen LogP contribution is -1.95. The average Bonchev–Trinajstić information content (AvgIpc) is 2.55. The van der Waals surface area contributed by atoms with Gasteiger partial charge in [0, 0.05) is 10.0 Å². The Morgan fingerprint density at radius 1 is 1.12 bits per heavy atom. The molecule has 88 valence electrons. The van der Waals surface area contributed by atoms with Gasteiger partial charge in [-0.05, 0) is 38.5 Å². The fourth-order valence-electron chi connectivity index (χ4n) is 2.07. The third-order valence-corrected chi connectivity index (χ3v) is 3.27. The van der Waals surface area contributed by atoms with E-state index in [0.717, 1.165) is 21.4 Å². The van der Waals surface area contributed by atoms with Crippen molar-refractivity contribution in [1.82, 2.24) is 0 Å². The van der Waals surface area contributed by atoms with Crippen molar-refractivity contribution in [1.29, 1.82) is 0 Å². The topological polar surface area (TPSA) is 30.2 Å². The van der Waals surface area contributed by atoms with Crippen LogP contribution >= 0.6 is 15.9 Å². The third-order valence-electron chi connectivity index (χ3n) is 2.75. The first-order valence-electron chi connectivity index (χ1n) is 5.37. The normalized spacial score (nSPS) is 10.6. The number of carbonyl (C=O) groups is 1. The second kappa shape index (κ2) is 4.49. The molecule has 0 saturated carbocycles. The van der Waals surface area contributed by atoms with E-state index >= 15 is 0 Å². The van der Waals surface area contributed by atoms with E-state index in [-0.39, 0.29) is 5.78 Å². The molecule has 3 heteroatoms. The van der Waals surface area contributed by atoms with E-state index in [1.165, 1.54) is 0 Å². The summed E-state index contributed by atoms with van der Waals surface area (Å²) in [6.45, 7) is 5.28. The molecule has 0 amide bonds. The Kier molecular flexibility index (Phi) is 3.20. The second-order valence-electron chi connectivity index (χ2n) is 4.03. The molecule has 2 nitrogen and oxygen atoms in total. The summed E-state index contributed by atoms with van der Waals surface area (Å²) in [5.74, 6) is 1.51. The van der Waals surface area contributed by atoms with Crippen LogP contribution in [0.2, 0.25) is 0 Å². The lowest BCUT2D eigenvalue weighted by Gasteiger charge is -2.02. The van der Waals surface area contributed by atoms with Crippen LogP contribution in [-0.4, -0.2) is 5.78 Å². The highest BCUT2D eigenvalue weighted by Crippen LogP contribution is 2.33. The van der Waals surface area contributed by atoms with Crippen LogP contribution in [0.5, 0.6) is 0 Å². The summed E-state index contributed by atoms with van der Waals surface area (Å²) in [4.78, 5) is 11.7. The highest BCUT2D eigenvalue weighted by molar-refractivity contribution is 9.10. The van der Waals surface area contributed by atoms with Gasteiger partial charge in [0.2, 0.25) is 0 Å². The highest BCUT2D eigenvalue weighted by atomic mass is 79.9. The molecule has 2 aromatic rings. The number of hydrogen-bond acceptors (Lipinski definition) is 2. The Morgan fingerprint density at radius 3 is 2.24 bits per heavy atom. The molecule has 0 radical (unpaired) electrons. The molecule has 2 rings (SSSR count). The Bertz CT molecular complexity index is 565. The molecule has 0 aliphatic heterocycles. The van der Waals surface area contributed by atoms with Gasteiger partial charge in [-0.3, -0.25) is 4.79 Å². The van der Waals surface area contributed by atoms with Gasteiger partial charge in [0.25, 0.3) is 0 Å². The van der Waals surface area contributed by atoms with Gasteiger partial charge >= 0.3 is 0 Å². The monoisotopic (exact) mass is 292 g/mol. The van der Waals surface area contributed by atoms with Crippen molar-refractivity contribution in [3.63, 3.8) is 0 Å². The number of rotatable bonds is 2. The van der Waals surface area contributed by atoms with E-state index in [1.54, 1.807) is 6.92 Å². The SMILES string of the molecule is CC(=O)c1c(C)oc(C)c1-c1ccc(Br)cc1. The van der Waals surface area contributed by atoms with Crippen LogP contribution in [0.1, 0.15) is 28.8 Å². The molecule has 0 aliphatic rings. The predicted octanol–water partition coefficient (Wildman–Crippen LogP) is 4.53. The van der Waals surface area contributed by atoms with Gasteiger partial charge in [0.1, 0.15) is 11.5 Å². The van der Waals surface area contributed by atoms with E-state index in [0.29, 0.717) is 11.3 Å². The molecule has 0 saturated heterocycles. The summed E-state index contributed by atoms with van der Waals surface area (Å²) in [5.41, 5.74) is 2.60. The molecule has 0 spiro atoms. The zero-order valence-electron chi connectivity index (χ0n) is 10.0. The van der Waals surface area contributed by atoms with Crippen molar-refractivity contribution in [2.24, 2.45) is 0 Å². The van der Waals surface area contributed by atoms with Crippen LogP contribution in [0.3, 0.4) is 0 Å². The minimum atomic E-state index is 0.0391. The van der Waals surface area contributed by atoms with Crippen molar-refractivity contribution in [2.45, 2.75) is 20.8 Å². The van der Waals surface area contributed by atoms with Crippen LogP contribution in [0.4, 0.5) is 0 Å². The van der Waals surface area contributed by atoms with Crippen LogP contribution < -0.4 is 0 Å². The number of hydrogen-bond donors (Lipinski definition) is 0. The second-order valence-corrected chi connectivity index (χ2v) is 4.94. The molecule has 1 aromatic heterocycles. The van der Waals surface area contributed by atoms with Gasteiger partial charge in [-0.1, -0.05) is 28.1 Å². The molecule has 0 bridgehead atoms. The number of carbonyl (C=O) groups excluding carboxylic acids is 1. The van der Waals surface area contributed by atoms with Gasteiger partial charge in [-0.15, -0.1) is 0 Å². The summed E-state index contributed by atoms with van der Waals surface area (Å²) >= 11 is 3.40. The van der Waals surface area contributed by atoms with Gasteiger partial charge in [-0.25, -0.2) is 0 Å². The molecule has 0 unspecified atom stereocenters. The van der Waals surface area contributed by atoms with Crippen LogP contribution in [0.25, 0.3) is 11.1 Å². The minimum Gasteiger partial charge on any atom is -0.465 e. The van der Waals surface area contributed by atoms with Crippen molar-refractivity contribution in [3.8, 4) is 11.1 Å². The Balaban J connectivity index is 2.66. The summed E-state index contributed by atoms with van der Waals surface area (Å²) in [7, 11) is 0. The lowest BCUT2D eigenvalue weighted by atomic mass is 9.98. The first-order chi connectivity index (χ1) is 8.00. The van der Waals surface area contributed by atoms with E-state index in [9.17, 15) is 4.79 Å². The number of aryl methyl sites for hydroxylation is 2. The van der Waals surface area contributed by atoms with Crippen LogP contribution in [-0.2, 0) is 0 Å². The highest BCUT2D eigenvalue weighted by Gasteiger charge is 2.19. The molecule has 0 aliphatic carbocycles. The Hall–Kier alpha value is -1.35. The minimum absolute atomic E-state index is 0.0391. The molecule has 0 atom stereocenters. The number of furan rings is 1. The van der Waals surface area contributed by atoms with Crippen molar-refractivity contribution in [3.05, 3.63) is 45.8 Å². The van der Waals surface area contributed by atoms with Crippen molar-refractivity contribution >= 4 is 21.7 Å². The first-order valence-corrected chi connectivity index (χ1v) is 6.17. The maximum Gasteiger partial charge on any atom is 0.163 e. The molecular formula is C14H13BrO2. The molecule has 17 heavy (non-hydrogen) atoms. The van der Waals surface area contributed by atoms with Gasteiger partial charge in [0.05, 0.1) is 5.56 Å². The standard InChI is InChI=1S/C14H13BrO2/c1-8(16)13-9(2)17-10(3)14(13)11-4-6-12(15)7-5-11/h4-7H,1-3H3. The molecule has 1 aromatic carbocycles. The predicted molar refractivity (Wildman–Crippen MR) is 71.3 cm³/mol. The average molecular weight is 293 g/mol. The van der Waals surface area contributed by atoms with E-state index in [2.05, 4.69) is 15.9 Å². The molecular weight excluding hydrogens is 280 g/mol. The Morgan fingerprint density at radius 2 is 1.71 bits per heavy atom. The summed E-state index contributed by atoms with van der Waals surface area (Å²) in [6.07, 6.45) is 0. The lowest BCUT2D eigenvalue weighted by molar-refractivity contribution is 0.101. The largest absolute Gasteiger partial charge is 0.465 e. The molecule has 0 N–H and O–H groups in total.